The molecule has 1 saturated carbocycles. The second-order valence-electron chi connectivity index (χ2n) is 13.4. The van der Waals surface area contributed by atoms with E-state index in [2.05, 4.69) is 87.2 Å². The Hall–Kier alpha value is -2.24. The molecule has 3 atom stereocenters. The summed E-state index contributed by atoms with van der Waals surface area (Å²) in [5.41, 5.74) is -1.02. The molecule has 2 N–H and O–H groups in total. The summed E-state index contributed by atoms with van der Waals surface area (Å²) in [5.74, 6) is 5.62. The van der Waals surface area contributed by atoms with Crippen molar-refractivity contribution in [3.63, 3.8) is 0 Å². The van der Waals surface area contributed by atoms with Gasteiger partial charge in [0.15, 0.2) is 5.79 Å². The molecule has 0 bridgehead atoms. The van der Waals surface area contributed by atoms with Crippen LogP contribution in [-0.2, 0) is 13.9 Å². The van der Waals surface area contributed by atoms with Gasteiger partial charge in [0, 0.05) is 19.4 Å². The Balaban J connectivity index is 1.51. The maximum absolute atomic E-state index is 11.5. The number of ether oxygens (including phenoxy) is 2. The highest BCUT2D eigenvalue weighted by molar-refractivity contribution is 6.99. The summed E-state index contributed by atoms with van der Waals surface area (Å²) in [6, 6.07) is 21.0. The fourth-order valence-electron chi connectivity index (χ4n) is 6.58. The van der Waals surface area contributed by atoms with E-state index >= 15 is 0 Å². The Kier molecular flexibility index (Phi) is 10.9. The SMILES string of the molecule is CC1(C)OC[C@](CCO[Si](c2ccccc2)(c2ccccc2)C(C)(C)C)([C@H](O)C[C@@H](O)C#C/C=C/C2CCCCC2)O1. The monoisotopic (exact) mass is 590 g/mol. The summed E-state index contributed by atoms with van der Waals surface area (Å²) in [6.45, 7) is 11.1. The van der Waals surface area contributed by atoms with Gasteiger partial charge in [-0.3, -0.25) is 0 Å². The summed E-state index contributed by atoms with van der Waals surface area (Å²) in [5, 5.41) is 24.5. The van der Waals surface area contributed by atoms with Gasteiger partial charge in [-0.15, -0.1) is 0 Å². The lowest BCUT2D eigenvalue weighted by Gasteiger charge is -2.44. The first-order chi connectivity index (χ1) is 20.0. The van der Waals surface area contributed by atoms with Crippen LogP contribution in [0.5, 0.6) is 0 Å². The van der Waals surface area contributed by atoms with Crippen LogP contribution in [0, 0.1) is 17.8 Å². The quantitative estimate of drug-likeness (QED) is 0.273. The largest absolute Gasteiger partial charge is 0.407 e. The minimum absolute atomic E-state index is 0.0723. The van der Waals surface area contributed by atoms with Gasteiger partial charge < -0.3 is 24.1 Å². The summed E-state index contributed by atoms with van der Waals surface area (Å²) in [7, 11) is -2.75. The molecule has 0 unspecified atom stereocenters. The zero-order valence-electron chi connectivity index (χ0n) is 26.1. The summed E-state index contributed by atoms with van der Waals surface area (Å²) < 4.78 is 19.5. The number of aliphatic hydroxyl groups is 2. The first-order valence-corrected chi connectivity index (χ1v) is 17.5. The summed E-state index contributed by atoms with van der Waals surface area (Å²) in [4.78, 5) is 0. The molecule has 1 aliphatic carbocycles. The van der Waals surface area contributed by atoms with Crippen molar-refractivity contribution in [1.82, 2.24) is 0 Å². The van der Waals surface area contributed by atoms with E-state index in [1.54, 1.807) is 0 Å². The number of hydrogen-bond donors (Lipinski definition) is 2. The Morgan fingerprint density at radius 3 is 2.10 bits per heavy atom. The fourth-order valence-corrected chi connectivity index (χ4v) is 11.1. The van der Waals surface area contributed by atoms with E-state index in [0.29, 0.717) is 18.9 Å². The van der Waals surface area contributed by atoms with Gasteiger partial charge in [-0.05, 0) is 54.1 Å². The van der Waals surface area contributed by atoms with Gasteiger partial charge in [-0.2, -0.15) is 0 Å². The second kappa shape index (κ2) is 14.0. The smallest absolute Gasteiger partial charge is 0.261 e. The van der Waals surface area contributed by atoms with E-state index in [1.807, 2.05) is 32.1 Å². The third-order valence-electron chi connectivity index (χ3n) is 8.78. The van der Waals surface area contributed by atoms with Gasteiger partial charge >= 0.3 is 0 Å². The molecule has 228 valence electrons. The Labute approximate surface area is 254 Å². The average molecular weight is 591 g/mol. The Morgan fingerprint density at radius 1 is 0.976 bits per heavy atom. The molecule has 0 spiro atoms. The van der Waals surface area contributed by atoms with Crippen LogP contribution in [0.2, 0.25) is 5.04 Å². The van der Waals surface area contributed by atoms with Gasteiger partial charge in [-0.25, -0.2) is 0 Å². The highest BCUT2D eigenvalue weighted by Crippen LogP contribution is 2.40. The molecule has 0 radical (unpaired) electrons. The highest BCUT2D eigenvalue weighted by Gasteiger charge is 2.53. The Bertz CT molecular complexity index is 1160. The van der Waals surface area contributed by atoms with E-state index in [4.69, 9.17) is 13.9 Å². The molecule has 1 saturated heterocycles. The molecule has 5 nitrogen and oxygen atoms in total. The standard InChI is InChI=1S/C36H50O5Si/c1-34(2,3)42(31-21-11-7-12-22-31,32-23-13-8-14-24-32)40-26-25-36(28-39-35(4,5)41-36)33(38)27-30(37)20-16-15-19-29-17-9-6-10-18-29/h7-8,11-15,19,21-24,29-30,33,37-38H,6,9-10,17-18,25-28H2,1-5H3/b19-15+/t30-,33+,36+/m0/s1. The molecule has 42 heavy (non-hydrogen) atoms. The van der Waals surface area contributed by atoms with Crippen LogP contribution in [0.15, 0.2) is 72.8 Å². The van der Waals surface area contributed by atoms with Crippen molar-refractivity contribution in [2.45, 2.75) is 108 Å². The van der Waals surface area contributed by atoms with Crippen molar-refractivity contribution < 1.29 is 24.1 Å². The van der Waals surface area contributed by atoms with Crippen LogP contribution in [0.25, 0.3) is 0 Å². The van der Waals surface area contributed by atoms with Crippen molar-refractivity contribution in [2.75, 3.05) is 13.2 Å². The number of rotatable bonds is 10. The molecule has 0 aromatic heterocycles. The van der Waals surface area contributed by atoms with Crippen LogP contribution in [0.4, 0.5) is 0 Å². The van der Waals surface area contributed by atoms with E-state index in [9.17, 15) is 10.2 Å². The fraction of sp³-hybridized carbons (Fsp3) is 0.556. The molecule has 0 amide bonds. The van der Waals surface area contributed by atoms with Gasteiger partial charge in [0.05, 0.1) is 12.7 Å². The van der Waals surface area contributed by atoms with Gasteiger partial charge in [-0.1, -0.05) is 119 Å². The number of aliphatic hydroxyl groups excluding tert-OH is 2. The average Bonchev–Trinajstić information content (AvgIpc) is 3.29. The molecule has 2 aromatic carbocycles. The van der Waals surface area contributed by atoms with Crippen molar-refractivity contribution in [3.05, 3.63) is 72.8 Å². The van der Waals surface area contributed by atoms with Crippen LogP contribution in [-0.4, -0.2) is 55.3 Å². The molecule has 2 aromatic rings. The number of benzene rings is 2. The second-order valence-corrected chi connectivity index (χ2v) is 17.7. The van der Waals surface area contributed by atoms with Crippen molar-refractivity contribution >= 4 is 18.7 Å². The zero-order chi connectivity index (χ0) is 30.3. The lowest BCUT2D eigenvalue weighted by atomic mass is 9.89. The molecule has 6 heteroatoms. The van der Waals surface area contributed by atoms with Crippen molar-refractivity contribution in [3.8, 4) is 11.8 Å². The number of allylic oxidation sites excluding steroid dienone is 2. The normalized spacial score (nSPS) is 22.9. The molecule has 4 rings (SSSR count). The zero-order valence-corrected chi connectivity index (χ0v) is 27.1. The third-order valence-corrected chi connectivity index (χ3v) is 13.8. The summed E-state index contributed by atoms with van der Waals surface area (Å²) in [6.07, 6.45) is 8.86. The molecular weight excluding hydrogens is 540 g/mol. The van der Waals surface area contributed by atoms with Crippen molar-refractivity contribution in [1.29, 1.82) is 0 Å². The predicted molar refractivity (Wildman–Crippen MR) is 172 cm³/mol. The topological polar surface area (TPSA) is 68.2 Å². The number of hydrogen-bond acceptors (Lipinski definition) is 5. The lowest BCUT2D eigenvalue weighted by Crippen LogP contribution is -2.67. The van der Waals surface area contributed by atoms with Crippen LogP contribution < -0.4 is 10.4 Å². The minimum Gasteiger partial charge on any atom is -0.407 e. The molecular formula is C36H50O5Si. The predicted octanol–water partition coefficient (Wildman–Crippen LogP) is 5.73. The molecule has 2 aliphatic rings. The maximum atomic E-state index is 11.5. The lowest BCUT2D eigenvalue weighted by molar-refractivity contribution is -0.190. The highest BCUT2D eigenvalue weighted by atomic mass is 28.4. The maximum Gasteiger partial charge on any atom is 0.261 e. The molecule has 1 heterocycles. The van der Waals surface area contributed by atoms with Gasteiger partial charge in [0.1, 0.15) is 11.7 Å². The van der Waals surface area contributed by atoms with Crippen molar-refractivity contribution in [2.24, 2.45) is 5.92 Å². The minimum atomic E-state index is -2.75. The summed E-state index contributed by atoms with van der Waals surface area (Å²) >= 11 is 0. The van der Waals surface area contributed by atoms with E-state index in [-0.39, 0.29) is 18.1 Å². The van der Waals surface area contributed by atoms with Crippen LogP contribution in [0.3, 0.4) is 0 Å². The first-order valence-electron chi connectivity index (χ1n) is 15.6. The van der Waals surface area contributed by atoms with Crippen LogP contribution >= 0.6 is 0 Å². The van der Waals surface area contributed by atoms with Gasteiger partial charge in [0.25, 0.3) is 8.32 Å². The van der Waals surface area contributed by atoms with E-state index < -0.39 is 31.9 Å². The van der Waals surface area contributed by atoms with E-state index in [0.717, 1.165) is 0 Å². The molecule has 1 aliphatic heterocycles. The van der Waals surface area contributed by atoms with Crippen LogP contribution in [0.1, 0.15) is 79.6 Å². The third kappa shape index (κ3) is 7.82. The Morgan fingerprint density at radius 2 is 1.57 bits per heavy atom. The molecule has 2 fully saturated rings. The van der Waals surface area contributed by atoms with Gasteiger partial charge in [0.2, 0.25) is 0 Å². The first kappa shape index (κ1) is 32.7. The van der Waals surface area contributed by atoms with E-state index in [1.165, 1.54) is 42.5 Å².